The lowest BCUT2D eigenvalue weighted by molar-refractivity contribution is 0.102. The van der Waals surface area contributed by atoms with E-state index in [4.69, 9.17) is 4.42 Å². The molecule has 2 heterocycles. The molecule has 0 unspecified atom stereocenters. The zero-order chi connectivity index (χ0) is 16.5. The molecule has 0 aliphatic heterocycles. The van der Waals surface area contributed by atoms with Crippen LogP contribution in [0.4, 0.5) is 5.69 Å². The quantitative estimate of drug-likeness (QED) is 0.533. The maximum atomic E-state index is 12.4. The van der Waals surface area contributed by atoms with Crippen molar-refractivity contribution in [1.29, 1.82) is 0 Å². The molecule has 0 bridgehead atoms. The Kier molecular flexibility index (Phi) is 3.66. The molecule has 1 amide bonds. The minimum atomic E-state index is -0.185. The number of rotatable bonds is 3. The van der Waals surface area contributed by atoms with Gasteiger partial charge >= 0.3 is 0 Å². The summed E-state index contributed by atoms with van der Waals surface area (Å²) in [5, 5.41) is 3.87. The van der Waals surface area contributed by atoms with E-state index in [1.165, 1.54) is 6.39 Å². The molecule has 0 fully saturated rings. The number of fused-ring (bicyclic) bond motifs is 1. The first-order valence-electron chi connectivity index (χ1n) is 7.27. The number of hydrogen-bond donors (Lipinski definition) is 2. The highest BCUT2D eigenvalue weighted by atomic mass is 79.9. The molecule has 118 valence electrons. The molecule has 0 aliphatic carbocycles. The molecule has 4 rings (SSSR count). The van der Waals surface area contributed by atoms with Crippen molar-refractivity contribution in [2.45, 2.75) is 0 Å². The Morgan fingerprint density at radius 1 is 1.12 bits per heavy atom. The average Bonchev–Trinajstić information content (AvgIpc) is 3.24. The molecular formula is C18H12BrN3O2. The highest BCUT2D eigenvalue weighted by Crippen LogP contribution is 2.23. The van der Waals surface area contributed by atoms with E-state index >= 15 is 0 Å². The summed E-state index contributed by atoms with van der Waals surface area (Å²) >= 11 is 3.42. The Hall–Kier alpha value is -2.86. The van der Waals surface area contributed by atoms with Gasteiger partial charge in [0.2, 0.25) is 0 Å². The van der Waals surface area contributed by atoms with Crippen molar-refractivity contribution in [3.05, 3.63) is 71.3 Å². The largest absolute Gasteiger partial charge is 0.444 e. The summed E-state index contributed by atoms with van der Waals surface area (Å²) in [4.78, 5) is 19.4. The predicted octanol–water partition coefficient (Wildman–Crippen LogP) is 4.84. The molecule has 0 radical (unpaired) electrons. The zero-order valence-electron chi connectivity index (χ0n) is 12.4. The van der Waals surface area contributed by atoms with Crippen LogP contribution >= 0.6 is 15.9 Å². The van der Waals surface area contributed by atoms with Crippen LogP contribution in [0.25, 0.3) is 22.2 Å². The first-order chi connectivity index (χ1) is 11.7. The van der Waals surface area contributed by atoms with Gasteiger partial charge in [-0.1, -0.05) is 22.0 Å². The fourth-order valence-electron chi connectivity index (χ4n) is 2.50. The van der Waals surface area contributed by atoms with Gasteiger partial charge in [0.25, 0.3) is 5.91 Å². The number of nitrogens with zero attached hydrogens (tertiary/aromatic N) is 1. The van der Waals surface area contributed by atoms with Crippen LogP contribution in [0, 0.1) is 0 Å². The summed E-state index contributed by atoms with van der Waals surface area (Å²) in [7, 11) is 0. The van der Waals surface area contributed by atoms with Crippen LogP contribution in [0.3, 0.4) is 0 Å². The van der Waals surface area contributed by atoms with E-state index in [9.17, 15) is 4.79 Å². The highest BCUT2D eigenvalue weighted by Gasteiger charge is 2.10. The van der Waals surface area contributed by atoms with Crippen molar-refractivity contribution in [2.75, 3.05) is 5.32 Å². The van der Waals surface area contributed by atoms with E-state index in [1.807, 2.05) is 48.5 Å². The van der Waals surface area contributed by atoms with Gasteiger partial charge in [0, 0.05) is 26.6 Å². The molecule has 0 saturated carbocycles. The summed E-state index contributed by atoms with van der Waals surface area (Å²) < 4.78 is 6.21. The van der Waals surface area contributed by atoms with Crippen LogP contribution in [0.5, 0.6) is 0 Å². The van der Waals surface area contributed by atoms with Gasteiger partial charge in [0.05, 0.1) is 6.20 Å². The Labute approximate surface area is 145 Å². The molecule has 0 atom stereocenters. The molecule has 24 heavy (non-hydrogen) atoms. The van der Waals surface area contributed by atoms with Crippen LogP contribution in [-0.2, 0) is 0 Å². The van der Waals surface area contributed by atoms with Crippen molar-refractivity contribution in [3.8, 4) is 11.3 Å². The van der Waals surface area contributed by atoms with Crippen LogP contribution in [0.1, 0.15) is 10.5 Å². The lowest BCUT2D eigenvalue weighted by Crippen LogP contribution is -2.12. The summed E-state index contributed by atoms with van der Waals surface area (Å²) in [6.07, 6.45) is 3.04. The highest BCUT2D eigenvalue weighted by molar-refractivity contribution is 9.10. The number of nitrogens with one attached hydrogen (secondary N) is 2. The van der Waals surface area contributed by atoms with Gasteiger partial charge in [0.15, 0.2) is 12.2 Å². The van der Waals surface area contributed by atoms with Gasteiger partial charge in [-0.3, -0.25) is 4.79 Å². The molecule has 2 N–H and O–H groups in total. The molecule has 0 spiro atoms. The third-order valence-electron chi connectivity index (χ3n) is 3.69. The fraction of sp³-hybridized carbons (Fsp3) is 0. The average molecular weight is 382 g/mol. The molecule has 4 aromatic rings. The summed E-state index contributed by atoms with van der Waals surface area (Å²) in [6, 6.07) is 15.1. The predicted molar refractivity (Wildman–Crippen MR) is 95.9 cm³/mol. The van der Waals surface area contributed by atoms with E-state index in [-0.39, 0.29) is 5.91 Å². The minimum Gasteiger partial charge on any atom is -0.444 e. The number of oxazole rings is 1. The Bertz CT molecular complexity index is 1000. The van der Waals surface area contributed by atoms with Crippen LogP contribution in [0.2, 0.25) is 0 Å². The van der Waals surface area contributed by atoms with E-state index in [0.29, 0.717) is 17.1 Å². The third kappa shape index (κ3) is 2.83. The second-order valence-corrected chi connectivity index (χ2v) is 6.23. The van der Waals surface area contributed by atoms with E-state index in [0.717, 1.165) is 20.9 Å². The van der Waals surface area contributed by atoms with Crippen molar-refractivity contribution in [2.24, 2.45) is 0 Å². The van der Waals surface area contributed by atoms with Crippen molar-refractivity contribution in [1.82, 2.24) is 9.97 Å². The number of carbonyl (C=O) groups excluding carboxylic acids is 1. The number of anilines is 1. The molecule has 2 aromatic heterocycles. The second kappa shape index (κ2) is 5.98. The van der Waals surface area contributed by atoms with Gasteiger partial charge < -0.3 is 14.7 Å². The number of carbonyl (C=O) groups is 1. The van der Waals surface area contributed by atoms with E-state index in [2.05, 4.69) is 31.2 Å². The van der Waals surface area contributed by atoms with Crippen molar-refractivity contribution in [3.63, 3.8) is 0 Å². The summed E-state index contributed by atoms with van der Waals surface area (Å²) in [5.41, 5.74) is 3.04. The van der Waals surface area contributed by atoms with Crippen molar-refractivity contribution >= 4 is 38.4 Å². The van der Waals surface area contributed by atoms with Gasteiger partial charge in [-0.2, -0.15) is 0 Å². The SMILES string of the molecule is O=C(Nc1ccc(-c2cnco2)cc1)c1cc2ccc(Br)cc2[nH]1. The monoisotopic (exact) mass is 381 g/mol. The van der Waals surface area contributed by atoms with Crippen molar-refractivity contribution < 1.29 is 9.21 Å². The number of amides is 1. The van der Waals surface area contributed by atoms with Gasteiger partial charge in [-0.15, -0.1) is 0 Å². The van der Waals surface area contributed by atoms with E-state index < -0.39 is 0 Å². The molecule has 0 saturated heterocycles. The van der Waals surface area contributed by atoms with Crippen LogP contribution < -0.4 is 5.32 Å². The topological polar surface area (TPSA) is 70.9 Å². The molecule has 6 heteroatoms. The standard InChI is InChI=1S/C18H12BrN3O2/c19-13-4-1-12-7-16(22-15(12)8-13)18(23)21-14-5-2-11(3-6-14)17-9-20-10-24-17/h1-10,22H,(H,21,23). The van der Waals surface area contributed by atoms with Gasteiger partial charge in [-0.25, -0.2) is 4.98 Å². The first-order valence-corrected chi connectivity index (χ1v) is 8.07. The number of H-pyrrole nitrogens is 1. The van der Waals surface area contributed by atoms with Crippen LogP contribution in [-0.4, -0.2) is 15.9 Å². The number of benzene rings is 2. The molecule has 2 aromatic carbocycles. The minimum absolute atomic E-state index is 0.185. The van der Waals surface area contributed by atoms with Crippen LogP contribution in [0.15, 0.2) is 70.0 Å². The maximum Gasteiger partial charge on any atom is 0.272 e. The maximum absolute atomic E-state index is 12.4. The van der Waals surface area contributed by atoms with Gasteiger partial charge in [0.1, 0.15) is 5.69 Å². The third-order valence-corrected chi connectivity index (χ3v) is 4.18. The summed E-state index contributed by atoms with van der Waals surface area (Å²) in [6.45, 7) is 0. The molecule has 5 nitrogen and oxygen atoms in total. The lowest BCUT2D eigenvalue weighted by atomic mass is 10.1. The number of aromatic amines is 1. The fourth-order valence-corrected chi connectivity index (χ4v) is 2.86. The molecule has 0 aliphatic rings. The normalized spacial score (nSPS) is 10.9. The second-order valence-electron chi connectivity index (χ2n) is 5.31. The lowest BCUT2D eigenvalue weighted by Gasteiger charge is -2.04. The Morgan fingerprint density at radius 3 is 2.71 bits per heavy atom. The Morgan fingerprint density at radius 2 is 1.96 bits per heavy atom. The molecular weight excluding hydrogens is 370 g/mol. The summed E-state index contributed by atoms with van der Waals surface area (Å²) in [5.74, 6) is 0.504. The zero-order valence-corrected chi connectivity index (χ0v) is 14.0. The van der Waals surface area contributed by atoms with E-state index in [1.54, 1.807) is 6.20 Å². The first kappa shape index (κ1) is 14.7. The van der Waals surface area contributed by atoms with Gasteiger partial charge in [-0.05, 0) is 42.5 Å². The smallest absolute Gasteiger partial charge is 0.272 e. The number of aromatic nitrogens is 2. The number of hydrogen-bond acceptors (Lipinski definition) is 3. The Balaban J connectivity index is 1.54. The number of halogens is 1.